The third-order valence-electron chi connectivity index (χ3n) is 8.16. The maximum Gasteiger partial charge on any atom is 0.272 e. The minimum Gasteiger partial charge on any atom is -0.481 e. The quantitative estimate of drug-likeness (QED) is 0.516. The summed E-state index contributed by atoms with van der Waals surface area (Å²) >= 11 is 0. The van der Waals surface area contributed by atoms with E-state index < -0.39 is 48.2 Å². The summed E-state index contributed by atoms with van der Waals surface area (Å²) in [5, 5.41) is 43.7. The van der Waals surface area contributed by atoms with E-state index in [2.05, 4.69) is 11.1 Å². The maximum atomic E-state index is 13.8. The van der Waals surface area contributed by atoms with Crippen molar-refractivity contribution in [2.45, 2.75) is 29.1 Å². The molecule has 2 aromatic carbocycles. The van der Waals surface area contributed by atoms with Gasteiger partial charge < -0.3 is 19.7 Å². The molecule has 3 aliphatic rings. The van der Waals surface area contributed by atoms with Crippen LogP contribution in [0.25, 0.3) is 0 Å². The highest BCUT2D eigenvalue weighted by molar-refractivity contribution is 5.60. The minimum atomic E-state index is -2.81. The number of halogens is 2. The van der Waals surface area contributed by atoms with Crippen molar-refractivity contribution < 1.29 is 28.5 Å². The van der Waals surface area contributed by atoms with Crippen molar-refractivity contribution in [2.75, 3.05) is 26.7 Å². The Bertz CT molecular complexity index is 1510. The number of alkyl halides is 2. The molecule has 10 heteroatoms. The second-order valence-corrected chi connectivity index (χ2v) is 10.3. The van der Waals surface area contributed by atoms with Gasteiger partial charge in [-0.3, -0.25) is 4.90 Å². The van der Waals surface area contributed by atoms with Crippen LogP contribution in [0.15, 0.2) is 60.7 Å². The van der Waals surface area contributed by atoms with E-state index in [1.54, 1.807) is 29.2 Å². The third kappa shape index (κ3) is 3.46. The van der Waals surface area contributed by atoms with Gasteiger partial charge in [-0.15, -0.1) is 0 Å². The predicted octanol–water partition coefficient (Wildman–Crippen LogP) is 3.03. The van der Waals surface area contributed by atoms with E-state index in [-0.39, 0.29) is 29.4 Å². The van der Waals surface area contributed by atoms with Crippen LogP contribution < -0.4 is 9.47 Å². The summed E-state index contributed by atoms with van der Waals surface area (Å²) < 4.78 is 39.8. The van der Waals surface area contributed by atoms with Crippen LogP contribution in [0.1, 0.15) is 33.9 Å². The average Bonchev–Trinajstić information content (AvgIpc) is 3.30. The van der Waals surface area contributed by atoms with Gasteiger partial charge in [0.15, 0.2) is 11.2 Å². The van der Waals surface area contributed by atoms with Crippen molar-refractivity contribution in [3.05, 3.63) is 88.6 Å². The standard InChI is InChI=1S/C29H24F2N4O4/c1-38-26-24-22(11-20(13-33)34-26)39-29(19-9-7-17(12-32)8-10-19)23(18-5-3-2-4-6-18)21(25(36)28(24,29)37)14-35-15-27(30,31)16-35/h2-11,21,23,25,36-37H,14-16H2,1H3/t21-,23-,25-,28+,29+/m1/s1. The molecule has 1 aliphatic carbocycles. The van der Waals surface area contributed by atoms with Gasteiger partial charge in [0.25, 0.3) is 5.92 Å². The Kier molecular flexibility index (Phi) is 5.63. The van der Waals surface area contributed by atoms with E-state index in [9.17, 15) is 29.5 Å². The van der Waals surface area contributed by atoms with Crippen LogP contribution in [0.5, 0.6) is 11.6 Å². The Morgan fingerprint density at radius 2 is 1.79 bits per heavy atom. The van der Waals surface area contributed by atoms with Gasteiger partial charge in [0.2, 0.25) is 5.88 Å². The van der Waals surface area contributed by atoms with Gasteiger partial charge in [0.05, 0.1) is 43.5 Å². The number of aromatic nitrogens is 1. The number of hydrogen-bond donors (Lipinski definition) is 2. The highest BCUT2D eigenvalue weighted by Gasteiger charge is 2.77. The molecular formula is C29H24F2N4O4. The number of nitrogens with zero attached hydrogens (tertiary/aromatic N) is 4. The molecule has 8 nitrogen and oxygen atoms in total. The number of fused-ring (bicyclic) bond motifs is 3. The highest BCUT2D eigenvalue weighted by Crippen LogP contribution is 2.69. The number of aliphatic hydroxyl groups excluding tert-OH is 1. The predicted molar refractivity (Wildman–Crippen MR) is 133 cm³/mol. The summed E-state index contributed by atoms with van der Waals surface area (Å²) in [6, 6.07) is 21.1. The fraction of sp³-hybridized carbons (Fsp3) is 0.345. The number of rotatable bonds is 5. The lowest BCUT2D eigenvalue weighted by molar-refractivity contribution is -0.157. The molecule has 0 amide bonds. The van der Waals surface area contributed by atoms with Gasteiger partial charge in [-0.2, -0.15) is 10.5 Å². The Balaban J connectivity index is 1.62. The molecule has 0 radical (unpaired) electrons. The first-order chi connectivity index (χ1) is 18.7. The van der Waals surface area contributed by atoms with E-state index in [0.29, 0.717) is 16.7 Å². The zero-order valence-electron chi connectivity index (χ0n) is 20.9. The summed E-state index contributed by atoms with van der Waals surface area (Å²) in [5.74, 6) is -4.25. The van der Waals surface area contributed by atoms with E-state index in [1.165, 1.54) is 13.2 Å². The smallest absolute Gasteiger partial charge is 0.272 e. The average molecular weight is 531 g/mol. The zero-order valence-corrected chi connectivity index (χ0v) is 20.9. The van der Waals surface area contributed by atoms with Crippen LogP contribution in [0, 0.1) is 28.6 Å². The number of ether oxygens (including phenoxy) is 2. The Morgan fingerprint density at radius 3 is 2.38 bits per heavy atom. The number of hydrogen-bond acceptors (Lipinski definition) is 8. The van der Waals surface area contributed by atoms with Crippen LogP contribution in [-0.2, 0) is 11.2 Å². The zero-order chi connectivity index (χ0) is 27.6. The van der Waals surface area contributed by atoms with E-state index in [1.807, 2.05) is 36.4 Å². The van der Waals surface area contributed by atoms with Crippen molar-refractivity contribution in [3.63, 3.8) is 0 Å². The number of benzene rings is 2. The first-order valence-corrected chi connectivity index (χ1v) is 12.4. The van der Waals surface area contributed by atoms with Crippen LogP contribution >= 0.6 is 0 Å². The van der Waals surface area contributed by atoms with Gasteiger partial charge in [0.1, 0.15) is 17.5 Å². The fourth-order valence-electron chi connectivity index (χ4n) is 6.67. The molecule has 1 saturated carbocycles. The lowest BCUT2D eigenvalue weighted by Gasteiger charge is -2.43. The lowest BCUT2D eigenvalue weighted by atomic mass is 9.70. The molecule has 2 fully saturated rings. The molecular weight excluding hydrogens is 506 g/mol. The number of pyridine rings is 1. The van der Waals surface area contributed by atoms with Crippen LogP contribution in [-0.4, -0.2) is 58.9 Å². The number of likely N-dealkylation sites (tertiary alicyclic amines) is 1. The summed E-state index contributed by atoms with van der Waals surface area (Å²) in [4.78, 5) is 5.77. The molecule has 6 rings (SSSR count). The number of aliphatic hydroxyl groups is 2. The van der Waals surface area contributed by atoms with Crippen LogP contribution in [0.3, 0.4) is 0 Å². The summed E-state index contributed by atoms with van der Waals surface area (Å²) in [7, 11) is 1.34. The molecule has 198 valence electrons. The molecule has 39 heavy (non-hydrogen) atoms. The van der Waals surface area contributed by atoms with Crippen molar-refractivity contribution in [1.82, 2.24) is 9.88 Å². The monoisotopic (exact) mass is 530 g/mol. The van der Waals surface area contributed by atoms with Crippen LogP contribution in [0.2, 0.25) is 0 Å². The van der Waals surface area contributed by atoms with E-state index >= 15 is 0 Å². The fourth-order valence-corrected chi connectivity index (χ4v) is 6.67. The van der Waals surface area contributed by atoms with Crippen molar-refractivity contribution >= 4 is 0 Å². The number of methoxy groups -OCH3 is 1. The number of nitriles is 2. The minimum absolute atomic E-state index is 0.00531. The second-order valence-electron chi connectivity index (χ2n) is 10.3. The molecule has 0 spiro atoms. The van der Waals surface area contributed by atoms with Crippen LogP contribution in [0.4, 0.5) is 8.78 Å². The summed E-state index contributed by atoms with van der Waals surface area (Å²) in [5.41, 5.74) is -2.19. The van der Waals surface area contributed by atoms with E-state index in [4.69, 9.17) is 9.47 Å². The topological polar surface area (TPSA) is 123 Å². The highest BCUT2D eigenvalue weighted by atomic mass is 19.3. The maximum absolute atomic E-state index is 13.8. The third-order valence-corrected chi connectivity index (χ3v) is 8.16. The summed E-state index contributed by atoms with van der Waals surface area (Å²) in [6.45, 7) is -0.830. The molecule has 2 aliphatic heterocycles. The molecule has 0 bridgehead atoms. The van der Waals surface area contributed by atoms with Crippen molar-refractivity contribution in [3.8, 4) is 23.8 Å². The molecule has 5 atom stereocenters. The second kappa shape index (κ2) is 8.72. The Hall–Kier alpha value is -4.09. The van der Waals surface area contributed by atoms with Gasteiger partial charge in [-0.1, -0.05) is 42.5 Å². The SMILES string of the molecule is COc1nc(C#N)cc2c1[C@]1(O)[C@H](O)[C@H](CN3CC(F)(F)C3)[C@@H](c3ccccc3)[C@]1(c1ccc(C#N)cc1)O2. The van der Waals surface area contributed by atoms with Crippen molar-refractivity contribution in [2.24, 2.45) is 5.92 Å². The Morgan fingerprint density at radius 1 is 1.10 bits per heavy atom. The van der Waals surface area contributed by atoms with Gasteiger partial charge >= 0.3 is 0 Å². The Labute approximate surface area is 223 Å². The first-order valence-electron chi connectivity index (χ1n) is 12.4. The van der Waals surface area contributed by atoms with Gasteiger partial charge in [0, 0.05) is 24.4 Å². The molecule has 1 aromatic heterocycles. The summed E-state index contributed by atoms with van der Waals surface area (Å²) in [6.07, 6.45) is -1.50. The van der Waals surface area contributed by atoms with E-state index in [0.717, 1.165) is 0 Å². The first kappa shape index (κ1) is 25.2. The van der Waals surface area contributed by atoms with Gasteiger partial charge in [-0.05, 0) is 23.3 Å². The molecule has 3 heterocycles. The molecule has 0 unspecified atom stereocenters. The molecule has 3 aromatic rings. The lowest BCUT2D eigenvalue weighted by Crippen LogP contribution is -2.58. The largest absolute Gasteiger partial charge is 0.481 e. The van der Waals surface area contributed by atoms with Gasteiger partial charge in [-0.25, -0.2) is 13.8 Å². The molecule has 1 saturated heterocycles. The molecule has 2 N–H and O–H groups in total. The van der Waals surface area contributed by atoms with Crippen molar-refractivity contribution in [1.29, 1.82) is 10.5 Å². The normalized spacial score (nSPS) is 30.3.